The Balaban J connectivity index is 1.34. The number of benzene rings is 1. The van der Waals surface area contributed by atoms with E-state index in [2.05, 4.69) is 10.2 Å². The second kappa shape index (κ2) is 7.12. The predicted molar refractivity (Wildman–Crippen MR) is 95.0 cm³/mol. The maximum Gasteiger partial charge on any atom is 0.317 e. The van der Waals surface area contributed by atoms with Gasteiger partial charge in [-0.3, -0.25) is 4.90 Å². The number of hydrogen-bond donors (Lipinski definition) is 1. The van der Waals surface area contributed by atoms with E-state index in [1.807, 2.05) is 25.2 Å². The van der Waals surface area contributed by atoms with Crippen molar-refractivity contribution in [2.24, 2.45) is 0 Å². The topological polar surface area (TPSA) is 54.0 Å². The third-order valence-corrected chi connectivity index (χ3v) is 5.54. The summed E-state index contributed by atoms with van der Waals surface area (Å²) in [4.78, 5) is 16.9. The van der Waals surface area contributed by atoms with Gasteiger partial charge in [-0.25, -0.2) is 4.79 Å². The summed E-state index contributed by atoms with van der Waals surface area (Å²) in [6.07, 6.45) is 4.84. The number of carbonyl (C=O) groups is 1. The Bertz CT molecular complexity index is 636. The number of amides is 2. The zero-order chi connectivity index (χ0) is 17.2. The molecule has 0 aliphatic carbocycles. The fourth-order valence-electron chi connectivity index (χ4n) is 4.22. The van der Waals surface area contributed by atoms with Crippen LogP contribution in [0.4, 0.5) is 4.79 Å². The van der Waals surface area contributed by atoms with Crippen molar-refractivity contribution in [3.8, 4) is 11.5 Å². The number of rotatable bonds is 3. The van der Waals surface area contributed by atoms with E-state index in [-0.39, 0.29) is 12.1 Å². The maximum atomic E-state index is 12.6. The monoisotopic (exact) mass is 345 g/mol. The number of hydrogen-bond acceptors (Lipinski definition) is 4. The van der Waals surface area contributed by atoms with Crippen LogP contribution in [0.15, 0.2) is 18.2 Å². The van der Waals surface area contributed by atoms with Crippen molar-refractivity contribution in [2.75, 3.05) is 33.4 Å². The first-order valence-corrected chi connectivity index (χ1v) is 9.35. The van der Waals surface area contributed by atoms with Crippen LogP contribution in [-0.2, 0) is 6.54 Å². The Kier molecular flexibility index (Phi) is 4.70. The molecule has 2 atom stereocenters. The quantitative estimate of drug-likeness (QED) is 0.913. The van der Waals surface area contributed by atoms with Crippen LogP contribution < -0.4 is 14.8 Å². The summed E-state index contributed by atoms with van der Waals surface area (Å²) < 4.78 is 11.2. The fraction of sp³-hybridized carbons (Fsp3) is 0.632. The lowest BCUT2D eigenvalue weighted by atomic mass is 9.99. The molecule has 4 rings (SSSR count). The van der Waals surface area contributed by atoms with Crippen LogP contribution >= 0.6 is 0 Å². The van der Waals surface area contributed by atoms with Crippen molar-refractivity contribution >= 4 is 6.03 Å². The molecule has 2 saturated heterocycles. The molecule has 0 spiro atoms. The Morgan fingerprint density at radius 2 is 2.04 bits per heavy atom. The van der Waals surface area contributed by atoms with Gasteiger partial charge in [0.2, 0.25) is 0 Å². The second-order valence-electron chi connectivity index (χ2n) is 7.28. The van der Waals surface area contributed by atoms with E-state index in [1.165, 1.54) is 25.8 Å². The molecule has 3 heterocycles. The SMILES string of the molecule is CN(Cc1ccc2c(c1)OCCO2)C(=O)N[C@@H]1CCN2CCCC[C@H]12. The van der Waals surface area contributed by atoms with E-state index in [4.69, 9.17) is 9.47 Å². The molecule has 136 valence electrons. The molecule has 1 N–H and O–H groups in total. The molecule has 0 saturated carbocycles. The van der Waals surface area contributed by atoms with Gasteiger partial charge in [0.15, 0.2) is 11.5 Å². The van der Waals surface area contributed by atoms with Gasteiger partial charge in [0, 0.05) is 32.2 Å². The van der Waals surface area contributed by atoms with Crippen molar-refractivity contribution in [1.82, 2.24) is 15.1 Å². The highest BCUT2D eigenvalue weighted by Gasteiger charge is 2.36. The molecule has 0 bridgehead atoms. The molecule has 1 aromatic rings. The van der Waals surface area contributed by atoms with E-state index in [0.29, 0.717) is 25.8 Å². The summed E-state index contributed by atoms with van der Waals surface area (Å²) in [5.74, 6) is 1.55. The first kappa shape index (κ1) is 16.5. The van der Waals surface area contributed by atoms with Gasteiger partial charge in [-0.15, -0.1) is 0 Å². The number of ether oxygens (including phenoxy) is 2. The summed E-state index contributed by atoms with van der Waals surface area (Å²) in [5, 5.41) is 3.25. The molecular formula is C19H27N3O3. The summed E-state index contributed by atoms with van der Waals surface area (Å²) in [6.45, 7) is 4.02. The Labute approximate surface area is 149 Å². The summed E-state index contributed by atoms with van der Waals surface area (Å²) in [7, 11) is 1.85. The molecule has 0 radical (unpaired) electrons. The van der Waals surface area contributed by atoms with Crippen LogP contribution in [0.5, 0.6) is 11.5 Å². The molecule has 6 nitrogen and oxygen atoms in total. The van der Waals surface area contributed by atoms with Crippen molar-refractivity contribution in [3.63, 3.8) is 0 Å². The van der Waals surface area contributed by atoms with Gasteiger partial charge in [-0.1, -0.05) is 12.5 Å². The fourth-order valence-corrected chi connectivity index (χ4v) is 4.22. The highest BCUT2D eigenvalue weighted by molar-refractivity contribution is 5.74. The lowest BCUT2D eigenvalue weighted by molar-refractivity contribution is 0.169. The van der Waals surface area contributed by atoms with Crippen LogP contribution in [0.1, 0.15) is 31.2 Å². The van der Waals surface area contributed by atoms with Crippen LogP contribution in [-0.4, -0.2) is 61.3 Å². The van der Waals surface area contributed by atoms with Crippen molar-refractivity contribution in [3.05, 3.63) is 23.8 Å². The third kappa shape index (κ3) is 3.54. The van der Waals surface area contributed by atoms with E-state index in [9.17, 15) is 4.79 Å². The number of piperidine rings is 1. The van der Waals surface area contributed by atoms with Crippen molar-refractivity contribution in [2.45, 2.75) is 44.3 Å². The summed E-state index contributed by atoms with van der Waals surface area (Å²) in [5.41, 5.74) is 1.05. The van der Waals surface area contributed by atoms with Crippen molar-refractivity contribution in [1.29, 1.82) is 0 Å². The smallest absolute Gasteiger partial charge is 0.317 e. The van der Waals surface area contributed by atoms with Crippen LogP contribution in [0.2, 0.25) is 0 Å². The molecule has 2 fully saturated rings. The van der Waals surface area contributed by atoms with Crippen LogP contribution in [0.3, 0.4) is 0 Å². The third-order valence-electron chi connectivity index (χ3n) is 5.54. The van der Waals surface area contributed by atoms with Crippen molar-refractivity contribution < 1.29 is 14.3 Å². The number of urea groups is 1. The summed E-state index contributed by atoms with van der Waals surface area (Å²) >= 11 is 0. The Hall–Kier alpha value is -1.95. The molecule has 25 heavy (non-hydrogen) atoms. The van der Waals surface area contributed by atoms with E-state index >= 15 is 0 Å². The molecule has 0 unspecified atom stereocenters. The number of fused-ring (bicyclic) bond motifs is 2. The lowest BCUT2D eigenvalue weighted by Crippen LogP contribution is -2.49. The first-order valence-electron chi connectivity index (χ1n) is 9.35. The van der Waals surface area contributed by atoms with Gasteiger partial charge >= 0.3 is 6.03 Å². The van der Waals surface area contributed by atoms with E-state index < -0.39 is 0 Å². The molecule has 3 aliphatic heterocycles. The Morgan fingerprint density at radius 1 is 1.20 bits per heavy atom. The lowest BCUT2D eigenvalue weighted by Gasteiger charge is -2.33. The molecule has 0 aromatic heterocycles. The minimum Gasteiger partial charge on any atom is -0.486 e. The first-order chi connectivity index (χ1) is 12.2. The molecule has 3 aliphatic rings. The highest BCUT2D eigenvalue weighted by Crippen LogP contribution is 2.31. The second-order valence-corrected chi connectivity index (χ2v) is 7.28. The van der Waals surface area contributed by atoms with Crippen LogP contribution in [0, 0.1) is 0 Å². The molecule has 6 heteroatoms. The van der Waals surface area contributed by atoms with Gasteiger partial charge in [0.25, 0.3) is 0 Å². The maximum absolute atomic E-state index is 12.6. The number of nitrogens with one attached hydrogen (secondary N) is 1. The highest BCUT2D eigenvalue weighted by atomic mass is 16.6. The minimum atomic E-state index is 0.00677. The molecule has 2 amide bonds. The van der Waals surface area contributed by atoms with E-state index in [0.717, 1.165) is 30.0 Å². The zero-order valence-electron chi connectivity index (χ0n) is 14.9. The van der Waals surface area contributed by atoms with Gasteiger partial charge in [0.05, 0.1) is 0 Å². The Morgan fingerprint density at radius 3 is 2.92 bits per heavy atom. The normalized spacial score (nSPS) is 25.3. The van der Waals surface area contributed by atoms with E-state index in [1.54, 1.807) is 4.90 Å². The predicted octanol–water partition coefficient (Wildman–Crippen LogP) is 2.23. The number of nitrogens with zero attached hydrogens (tertiary/aromatic N) is 2. The molecular weight excluding hydrogens is 318 g/mol. The largest absolute Gasteiger partial charge is 0.486 e. The summed E-state index contributed by atoms with van der Waals surface area (Å²) in [6, 6.07) is 6.71. The van der Waals surface area contributed by atoms with Gasteiger partial charge < -0.3 is 19.7 Å². The van der Waals surface area contributed by atoms with Gasteiger partial charge in [-0.2, -0.15) is 0 Å². The minimum absolute atomic E-state index is 0.00677. The standard InChI is InChI=1S/C19H27N3O3/c1-21(13-14-5-6-17-18(12-14)25-11-10-24-17)19(23)20-15-7-9-22-8-3-2-4-16(15)22/h5-6,12,15-16H,2-4,7-11,13H2,1H3,(H,20,23)/t15-,16-/m1/s1. The number of carbonyl (C=O) groups excluding carboxylic acids is 1. The van der Waals surface area contributed by atoms with Gasteiger partial charge in [0.1, 0.15) is 13.2 Å². The van der Waals surface area contributed by atoms with Gasteiger partial charge in [-0.05, 0) is 43.5 Å². The van der Waals surface area contributed by atoms with Crippen LogP contribution in [0.25, 0.3) is 0 Å². The average molecular weight is 345 g/mol. The zero-order valence-corrected chi connectivity index (χ0v) is 14.9. The molecule has 1 aromatic carbocycles. The average Bonchev–Trinajstić information content (AvgIpc) is 3.04.